The number of hydrogen-bond donors (Lipinski definition) is 2. The number of nitrogens with zero attached hydrogens (tertiary/aromatic N) is 1. The molecule has 2 aliphatic heterocycles. The molecule has 126 valence electrons. The van der Waals surface area contributed by atoms with E-state index in [9.17, 15) is 4.79 Å². The maximum Gasteiger partial charge on any atom is 0.410 e. The predicted molar refractivity (Wildman–Crippen MR) is 88.5 cm³/mol. The van der Waals surface area contributed by atoms with Crippen LogP contribution in [0.2, 0.25) is 0 Å². The highest BCUT2D eigenvalue weighted by molar-refractivity contribution is 5.68. The first kappa shape index (κ1) is 16.3. The van der Waals surface area contributed by atoms with E-state index < -0.39 is 0 Å². The maximum absolute atomic E-state index is 12.5. The molecule has 0 aromatic heterocycles. The molecule has 1 aromatic rings. The van der Waals surface area contributed by atoms with Gasteiger partial charge in [-0.2, -0.15) is 0 Å². The summed E-state index contributed by atoms with van der Waals surface area (Å²) in [4.78, 5) is 17.7. The van der Waals surface area contributed by atoms with Crippen LogP contribution in [0.3, 0.4) is 0 Å². The number of piperazine rings is 1. The van der Waals surface area contributed by atoms with Gasteiger partial charge in [0, 0.05) is 12.8 Å². The molecule has 0 spiro atoms. The van der Waals surface area contributed by atoms with Crippen LogP contribution in [-0.4, -0.2) is 63.4 Å². The minimum absolute atomic E-state index is 0.148. The van der Waals surface area contributed by atoms with Gasteiger partial charge in [-0.25, -0.2) is 4.79 Å². The molecule has 0 bridgehead atoms. The van der Waals surface area contributed by atoms with Gasteiger partial charge in [-0.05, 0) is 5.56 Å². The second-order valence-corrected chi connectivity index (χ2v) is 6.96. The fourth-order valence-corrected chi connectivity index (χ4v) is 3.75. The molecule has 0 radical (unpaired) electrons. The molecule has 2 fully saturated rings. The number of amides is 1. The second-order valence-electron chi connectivity index (χ2n) is 6.96. The summed E-state index contributed by atoms with van der Waals surface area (Å²) < 4.78 is 5.57. The first-order valence-corrected chi connectivity index (χ1v) is 8.84. The van der Waals surface area contributed by atoms with E-state index in [4.69, 9.17) is 4.74 Å². The Balaban J connectivity index is 1.57. The quantitative estimate of drug-likeness (QED) is 0.763. The lowest BCUT2D eigenvalue weighted by Gasteiger charge is -2.37. The van der Waals surface area contributed by atoms with E-state index in [-0.39, 0.29) is 6.09 Å². The van der Waals surface area contributed by atoms with Crippen LogP contribution in [0.1, 0.15) is 18.4 Å². The van der Waals surface area contributed by atoms with E-state index >= 15 is 0 Å². The minimum Gasteiger partial charge on any atom is -0.445 e. The van der Waals surface area contributed by atoms with Crippen molar-refractivity contribution in [1.82, 2.24) is 4.90 Å². The first-order valence-electron chi connectivity index (χ1n) is 8.84. The van der Waals surface area contributed by atoms with Crippen molar-refractivity contribution < 1.29 is 19.3 Å². The first-order chi connectivity index (χ1) is 11.2. The number of rotatable bonds is 4. The SMILES string of the molecule is C[NH+]1CCN(C(=O)OCc2ccccc2)[C@H](C[NH+]2CCCC2)C1. The van der Waals surface area contributed by atoms with Crippen LogP contribution in [0.15, 0.2) is 30.3 Å². The van der Waals surface area contributed by atoms with Gasteiger partial charge >= 0.3 is 6.09 Å². The summed E-state index contributed by atoms with van der Waals surface area (Å²) in [6.45, 7) is 6.78. The lowest BCUT2D eigenvalue weighted by molar-refractivity contribution is -0.912. The van der Waals surface area contributed by atoms with Crippen molar-refractivity contribution in [3.63, 3.8) is 0 Å². The monoisotopic (exact) mass is 319 g/mol. The van der Waals surface area contributed by atoms with Crippen LogP contribution in [0.5, 0.6) is 0 Å². The van der Waals surface area contributed by atoms with E-state index in [0.717, 1.165) is 31.7 Å². The van der Waals surface area contributed by atoms with Gasteiger partial charge in [0.2, 0.25) is 0 Å². The highest BCUT2D eigenvalue weighted by atomic mass is 16.6. The molecule has 0 aliphatic carbocycles. The van der Waals surface area contributed by atoms with Gasteiger partial charge in [-0.15, -0.1) is 0 Å². The van der Waals surface area contributed by atoms with Gasteiger partial charge in [-0.3, -0.25) is 4.90 Å². The molecule has 2 atom stereocenters. The summed E-state index contributed by atoms with van der Waals surface area (Å²) in [5.41, 5.74) is 1.04. The third kappa shape index (κ3) is 4.45. The summed E-state index contributed by atoms with van der Waals surface area (Å²) >= 11 is 0. The van der Waals surface area contributed by atoms with Gasteiger partial charge in [0.15, 0.2) is 0 Å². The number of benzene rings is 1. The lowest BCUT2D eigenvalue weighted by atomic mass is 10.1. The molecule has 5 nitrogen and oxygen atoms in total. The average molecular weight is 319 g/mol. The number of likely N-dealkylation sites (N-methyl/N-ethyl adjacent to an activating group) is 1. The number of hydrogen-bond acceptors (Lipinski definition) is 2. The third-order valence-electron chi connectivity index (χ3n) is 5.08. The molecule has 23 heavy (non-hydrogen) atoms. The molecule has 5 heteroatoms. The van der Waals surface area contributed by atoms with Crippen molar-refractivity contribution in [2.75, 3.05) is 46.3 Å². The van der Waals surface area contributed by atoms with Crippen LogP contribution in [0.4, 0.5) is 4.79 Å². The molecular weight excluding hydrogens is 290 g/mol. The maximum atomic E-state index is 12.5. The van der Waals surface area contributed by atoms with E-state index in [1.165, 1.54) is 30.8 Å². The highest BCUT2D eigenvalue weighted by Crippen LogP contribution is 2.07. The van der Waals surface area contributed by atoms with Crippen molar-refractivity contribution in [2.24, 2.45) is 0 Å². The topological polar surface area (TPSA) is 38.4 Å². The van der Waals surface area contributed by atoms with Crippen molar-refractivity contribution >= 4 is 6.09 Å². The Morgan fingerprint density at radius 2 is 1.96 bits per heavy atom. The molecule has 2 heterocycles. The number of likely N-dealkylation sites (tertiary alicyclic amines) is 1. The van der Waals surface area contributed by atoms with Crippen LogP contribution in [-0.2, 0) is 11.3 Å². The molecule has 2 saturated heterocycles. The van der Waals surface area contributed by atoms with Crippen molar-refractivity contribution in [3.05, 3.63) is 35.9 Å². The summed E-state index contributed by atoms with van der Waals surface area (Å²) in [5.74, 6) is 0. The molecule has 3 rings (SSSR count). The zero-order valence-electron chi connectivity index (χ0n) is 14.1. The van der Waals surface area contributed by atoms with Gasteiger partial charge in [0.1, 0.15) is 25.7 Å². The minimum atomic E-state index is -0.148. The van der Waals surface area contributed by atoms with Crippen LogP contribution in [0, 0.1) is 0 Å². The Morgan fingerprint density at radius 1 is 1.22 bits per heavy atom. The zero-order valence-corrected chi connectivity index (χ0v) is 14.1. The molecule has 2 aliphatic rings. The van der Waals surface area contributed by atoms with Gasteiger partial charge in [0.05, 0.1) is 33.2 Å². The summed E-state index contributed by atoms with van der Waals surface area (Å²) in [6.07, 6.45) is 2.50. The summed E-state index contributed by atoms with van der Waals surface area (Å²) in [6, 6.07) is 10.2. The summed E-state index contributed by atoms with van der Waals surface area (Å²) in [7, 11) is 2.22. The standard InChI is InChI=1S/C18H27N3O2/c1-19-11-12-21(17(13-19)14-20-9-5-6-10-20)18(22)23-15-16-7-3-2-4-8-16/h2-4,7-8,17H,5-6,9-15H2,1H3/p+2/t17-/m0/s1. The van der Waals surface area contributed by atoms with E-state index in [1.54, 1.807) is 4.90 Å². The fourth-order valence-electron chi connectivity index (χ4n) is 3.75. The lowest BCUT2D eigenvalue weighted by Crippen LogP contribution is -3.17. The average Bonchev–Trinajstić information content (AvgIpc) is 3.07. The normalized spacial score (nSPS) is 25.5. The smallest absolute Gasteiger partial charge is 0.410 e. The highest BCUT2D eigenvalue weighted by Gasteiger charge is 2.36. The third-order valence-corrected chi connectivity index (χ3v) is 5.08. The largest absolute Gasteiger partial charge is 0.445 e. The van der Waals surface area contributed by atoms with Gasteiger partial charge in [-0.1, -0.05) is 30.3 Å². The molecule has 1 amide bonds. The number of carbonyl (C=O) groups excluding carboxylic acids is 1. The Kier molecular flexibility index (Phi) is 5.51. The number of quaternary nitrogens is 2. The van der Waals surface area contributed by atoms with Crippen LogP contribution >= 0.6 is 0 Å². The molecule has 1 unspecified atom stereocenters. The van der Waals surface area contributed by atoms with Crippen LogP contribution < -0.4 is 9.80 Å². The van der Waals surface area contributed by atoms with Gasteiger partial charge < -0.3 is 14.5 Å². The zero-order chi connectivity index (χ0) is 16.1. The van der Waals surface area contributed by atoms with Crippen molar-refractivity contribution in [2.45, 2.75) is 25.5 Å². The predicted octanol–water partition coefficient (Wildman–Crippen LogP) is -0.799. The number of carbonyl (C=O) groups is 1. The van der Waals surface area contributed by atoms with Crippen LogP contribution in [0.25, 0.3) is 0 Å². The van der Waals surface area contributed by atoms with Crippen molar-refractivity contribution in [3.8, 4) is 0 Å². The number of nitrogens with one attached hydrogen (secondary N) is 2. The number of ether oxygens (including phenoxy) is 1. The molecule has 1 aromatic carbocycles. The molecule has 2 N–H and O–H groups in total. The Morgan fingerprint density at radius 3 is 2.70 bits per heavy atom. The molecular formula is C18H29N3O2+2. The van der Waals surface area contributed by atoms with E-state index in [0.29, 0.717) is 12.6 Å². The van der Waals surface area contributed by atoms with Gasteiger partial charge in [0.25, 0.3) is 0 Å². The Hall–Kier alpha value is -1.59. The summed E-state index contributed by atoms with van der Waals surface area (Å²) in [5, 5.41) is 0. The fraction of sp³-hybridized carbons (Fsp3) is 0.611. The Labute approximate surface area is 138 Å². The van der Waals surface area contributed by atoms with E-state index in [1.807, 2.05) is 35.2 Å². The Bertz CT molecular complexity index is 502. The second kappa shape index (κ2) is 7.79. The van der Waals surface area contributed by atoms with E-state index in [2.05, 4.69) is 7.05 Å². The molecule has 0 saturated carbocycles. The van der Waals surface area contributed by atoms with Crippen molar-refractivity contribution in [1.29, 1.82) is 0 Å².